The SMILES string of the molecule is CC(C)(C)Cc1nc(Cl)c(-c2ccccc2)c(Cl)n1. The Kier molecular flexibility index (Phi) is 4.12. The Labute approximate surface area is 123 Å². The van der Waals surface area contributed by atoms with Gasteiger partial charge in [0, 0.05) is 6.42 Å². The molecule has 0 spiro atoms. The molecule has 0 atom stereocenters. The molecule has 2 rings (SSSR count). The van der Waals surface area contributed by atoms with Crippen molar-refractivity contribution >= 4 is 23.2 Å². The van der Waals surface area contributed by atoms with E-state index in [1.807, 2.05) is 30.3 Å². The Morgan fingerprint density at radius 1 is 0.947 bits per heavy atom. The van der Waals surface area contributed by atoms with Gasteiger partial charge in [0.2, 0.25) is 0 Å². The fourth-order valence-electron chi connectivity index (χ4n) is 1.84. The first-order chi connectivity index (χ1) is 8.87. The van der Waals surface area contributed by atoms with Crippen LogP contribution in [0.3, 0.4) is 0 Å². The predicted molar refractivity (Wildman–Crippen MR) is 80.6 cm³/mol. The van der Waals surface area contributed by atoms with Crippen LogP contribution in [0.5, 0.6) is 0 Å². The molecule has 2 aromatic rings. The van der Waals surface area contributed by atoms with Gasteiger partial charge in [0.05, 0.1) is 5.56 Å². The normalized spacial score (nSPS) is 11.6. The average Bonchev–Trinajstić information content (AvgIpc) is 2.27. The third-order valence-electron chi connectivity index (χ3n) is 2.62. The predicted octanol–water partition coefficient (Wildman–Crippen LogP) is 5.04. The van der Waals surface area contributed by atoms with Crippen molar-refractivity contribution in [2.24, 2.45) is 5.41 Å². The molecule has 0 radical (unpaired) electrons. The Morgan fingerprint density at radius 2 is 1.47 bits per heavy atom. The lowest BCUT2D eigenvalue weighted by atomic mass is 9.92. The van der Waals surface area contributed by atoms with E-state index < -0.39 is 0 Å². The first-order valence-electron chi connectivity index (χ1n) is 6.14. The highest BCUT2D eigenvalue weighted by Gasteiger charge is 2.18. The van der Waals surface area contributed by atoms with E-state index in [1.54, 1.807) is 0 Å². The number of halogens is 2. The van der Waals surface area contributed by atoms with Crippen LogP contribution < -0.4 is 0 Å². The zero-order chi connectivity index (χ0) is 14.0. The second-order valence-corrected chi connectivity index (χ2v) is 6.42. The lowest BCUT2D eigenvalue weighted by molar-refractivity contribution is 0.400. The van der Waals surface area contributed by atoms with Crippen LogP contribution in [0, 0.1) is 5.41 Å². The number of hydrogen-bond acceptors (Lipinski definition) is 2. The first kappa shape index (κ1) is 14.3. The Bertz CT molecular complexity index is 551. The average molecular weight is 295 g/mol. The molecular weight excluding hydrogens is 279 g/mol. The lowest BCUT2D eigenvalue weighted by Gasteiger charge is -2.17. The third-order valence-corrected chi connectivity index (χ3v) is 3.16. The molecule has 0 aliphatic rings. The minimum absolute atomic E-state index is 0.0981. The smallest absolute Gasteiger partial charge is 0.142 e. The molecular formula is C15H16Cl2N2. The molecule has 0 unspecified atom stereocenters. The van der Waals surface area contributed by atoms with Crippen molar-refractivity contribution in [1.29, 1.82) is 0 Å². The van der Waals surface area contributed by atoms with E-state index in [0.29, 0.717) is 21.7 Å². The summed E-state index contributed by atoms with van der Waals surface area (Å²) in [6.07, 6.45) is 0.738. The molecule has 0 saturated heterocycles. The van der Waals surface area contributed by atoms with Gasteiger partial charge in [0.25, 0.3) is 0 Å². The molecule has 1 heterocycles. The maximum absolute atomic E-state index is 6.26. The molecule has 100 valence electrons. The number of aromatic nitrogens is 2. The van der Waals surface area contributed by atoms with Crippen LogP contribution >= 0.6 is 23.2 Å². The van der Waals surface area contributed by atoms with E-state index in [9.17, 15) is 0 Å². The van der Waals surface area contributed by atoms with Crippen molar-refractivity contribution in [2.45, 2.75) is 27.2 Å². The van der Waals surface area contributed by atoms with Gasteiger partial charge in [-0.1, -0.05) is 74.3 Å². The molecule has 4 heteroatoms. The quantitative estimate of drug-likeness (QED) is 0.725. The summed E-state index contributed by atoms with van der Waals surface area (Å²) in [6.45, 7) is 6.38. The summed E-state index contributed by atoms with van der Waals surface area (Å²) >= 11 is 12.5. The van der Waals surface area contributed by atoms with Gasteiger partial charge in [0.1, 0.15) is 16.1 Å². The van der Waals surface area contributed by atoms with Crippen LogP contribution in [0.15, 0.2) is 30.3 Å². The van der Waals surface area contributed by atoms with Crippen LogP contribution in [-0.4, -0.2) is 9.97 Å². The molecule has 0 bridgehead atoms. The summed E-state index contributed by atoms with van der Waals surface area (Å²) in [5, 5.41) is 0.816. The van der Waals surface area contributed by atoms with Crippen molar-refractivity contribution in [1.82, 2.24) is 9.97 Å². The highest BCUT2D eigenvalue weighted by molar-refractivity contribution is 6.37. The second kappa shape index (κ2) is 5.48. The molecule has 19 heavy (non-hydrogen) atoms. The molecule has 0 aliphatic heterocycles. The third kappa shape index (κ3) is 3.68. The molecule has 2 nitrogen and oxygen atoms in total. The number of benzene rings is 1. The summed E-state index contributed by atoms with van der Waals surface area (Å²) in [4.78, 5) is 8.73. The zero-order valence-corrected chi connectivity index (χ0v) is 12.8. The summed E-state index contributed by atoms with van der Waals surface area (Å²) < 4.78 is 0. The van der Waals surface area contributed by atoms with Crippen molar-refractivity contribution < 1.29 is 0 Å². The van der Waals surface area contributed by atoms with Crippen LogP contribution in [0.25, 0.3) is 11.1 Å². The van der Waals surface area contributed by atoms with Crippen molar-refractivity contribution in [3.8, 4) is 11.1 Å². The van der Waals surface area contributed by atoms with E-state index in [1.165, 1.54) is 0 Å². The van der Waals surface area contributed by atoms with Crippen LogP contribution in [0.2, 0.25) is 10.3 Å². The van der Waals surface area contributed by atoms with Gasteiger partial charge >= 0.3 is 0 Å². The maximum atomic E-state index is 6.26. The summed E-state index contributed by atoms with van der Waals surface area (Å²) in [6, 6.07) is 9.70. The first-order valence-corrected chi connectivity index (χ1v) is 6.90. The summed E-state index contributed by atoms with van der Waals surface area (Å²) in [5.41, 5.74) is 1.72. The molecule has 1 aromatic heterocycles. The topological polar surface area (TPSA) is 25.8 Å². The van der Waals surface area contributed by atoms with Gasteiger partial charge in [-0.25, -0.2) is 9.97 Å². The van der Waals surface area contributed by atoms with E-state index in [4.69, 9.17) is 23.2 Å². The Morgan fingerprint density at radius 3 is 1.95 bits per heavy atom. The standard InChI is InChI=1S/C15H16Cl2N2/c1-15(2,3)9-11-18-13(16)12(14(17)19-11)10-7-5-4-6-8-10/h4-8H,9H2,1-3H3. The highest BCUT2D eigenvalue weighted by Crippen LogP contribution is 2.33. The van der Waals surface area contributed by atoms with Gasteiger partial charge in [-0.3, -0.25) is 0 Å². The number of hydrogen-bond donors (Lipinski definition) is 0. The van der Waals surface area contributed by atoms with Crippen molar-refractivity contribution in [3.05, 3.63) is 46.5 Å². The van der Waals surface area contributed by atoms with Gasteiger partial charge in [0.15, 0.2) is 0 Å². The highest BCUT2D eigenvalue weighted by atomic mass is 35.5. The number of rotatable bonds is 2. The fraction of sp³-hybridized carbons (Fsp3) is 0.333. The van der Waals surface area contributed by atoms with Crippen molar-refractivity contribution in [3.63, 3.8) is 0 Å². The van der Waals surface area contributed by atoms with Gasteiger partial charge in [-0.05, 0) is 11.0 Å². The summed E-state index contributed by atoms with van der Waals surface area (Å²) in [5.74, 6) is 0.683. The van der Waals surface area contributed by atoms with E-state index >= 15 is 0 Å². The molecule has 0 fully saturated rings. The zero-order valence-electron chi connectivity index (χ0n) is 11.2. The van der Waals surface area contributed by atoms with Crippen molar-refractivity contribution in [2.75, 3.05) is 0 Å². The Balaban J connectivity index is 2.44. The monoisotopic (exact) mass is 294 g/mol. The Hall–Kier alpha value is -1.12. The maximum Gasteiger partial charge on any atom is 0.142 e. The molecule has 0 saturated carbocycles. The lowest BCUT2D eigenvalue weighted by Crippen LogP contribution is -2.12. The van der Waals surface area contributed by atoms with Crippen LogP contribution in [-0.2, 0) is 6.42 Å². The van der Waals surface area contributed by atoms with E-state index in [-0.39, 0.29) is 5.41 Å². The van der Waals surface area contributed by atoms with Crippen LogP contribution in [0.1, 0.15) is 26.6 Å². The summed E-state index contributed by atoms with van der Waals surface area (Å²) in [7, 11) is 0. The van der Waals surface area contributed by atoms with E-state index in [2.05, 4.69) is 30.7 Å². The molecule has 0 amide bonds. The van der Waals surface area contributed by atoms with Gasteiger partial charge < -0.3 is 0 Å². The minimum atomic E-state index is 0.0981. The second-order valence-electron chi connectivity index (χ2n) is 5.70. The van der Waals surface area contributed by atoms with E-state index in [0.717, 1.165) is 12.0 Å². The molecule has 0 aliphatic carbocycles. The molecule has 1 aromatic carbocycles. The molecule has 0 N–H and O–H groups in total. The minimum Gasteiger partial charge on any atom is -0.220 e. The fourth-order valence-corrected chi connectivity index (χ4v) is 2.49. The van der Waals surface area contributed by atoms with Gasteiger partial charge in [-0.2, -0.15) is 0 Å². The van der Waals surface area contributed by atoms with Crippen LogP contribution in [0.4, 0.5) is 0 Å². The van der Waals surface area contributed by atoms with Gasteiger partial charge in [-0.15, -0.1) is 0 Å². The largest absolute Gasteiger partial charge is 0.220 e. The number of nitrogens with zero attached hydrogens (tertiary/aromatic N) is 2.